The van der Waals surface area contributed by atoms with Crippen molar-refractivity contribution >= 4 is 21.5 Å². The molecule has 1 aromatic heterocycles. The van der Waals surface area contributed by atoms with Gasteiger partial charge in [0.25, 0.3) is 10.1 Å². The quantitative estimate of drug-likeness (QED) is 0.215. The topological polar surface area (TPSA) is 119 Å². The van der Waals surface area contributed by atoms with E-state index in [2.05, 4.69) is 0 Å². The normalized spacial score (nSPS) is 11.9. The summed E-state index contributed by atoms with van der Waals surface area (Å²) in [4.78, 5) is 1.01. The Morgan fingerprint density at radius 1 is 0.677 bits per heavy atom. The average molecular weight is 487 g/mol. The van der Waals surface area contributed by atoms with E-state index < -0.39 is 10.1 Å². The third-order valence-corrected chi connectivity index (χ3v) is 5.94. The second-order valence-electron chi connectivity index (χ2n) is 6.25. The molecule has 0 amide bonds. The van der Waals surface area contributed by atoms with E-state index in [9.17, 15) is 13.0 Å². The number of ether oxygens (including phenoxy) is 7. The van der Waals surface area contributed by atoms with Gasteiger partial charge in [0.2, 0.25) is 0 Å². The molecule has 0 aliphatic carbocycles. The molecular weight excluding hydrogens is 452 g/mol. The number of methoxy groups -OCH3 is 1. The molecule has 12 heteroatoms. The fourth-order valence-electron chi connectivity index (χ4n) is 2.43. The number of aryl methyl sites for hydroxylation is 2. The summed E-state index contributed by atoms with van der Waals surface area (Å²) < 4.78 is 69.5. The fraction of sp³-hybridized carbons (Fsp3) is 0.789. The minimum atomic E-state index is -4.32. The molecule has 0 aromatic carbocycles. The molecule has 0 saturated heterocycles. The van der Waals surface area contributed by atoms with Gasteiger partial charge < -0.3 is 33.2 Å². The maximum Gasteiger partial charge on any atom is 0.299 e. The summed E-state index contributed by atoms with van der Waals surface area (Å²) in [5.74, 6) is 0.185. The van der Waals surface area contributed by atoms with E-state index >= 15 is 0 Å². The van der Waals surface area contributed by atoms with Gasteiger partial charge in [0.15, 0.2) is 5.75 Å². The Hall–Kier alpha value is -0.830. The van der Waals surface area contributed by atoms with Crippen LogP contribution in [-0.4, -0.2) is 99.4 Å². The molecule has 1 N–H and O–H groups in total. The van der Waals surface area contributed by atoms with Crippen molar-refractivity contribution < 1.29 is 46.1 Å². The van der Waals surface area contributed by atoms with Crippen molar-refractivity contribution in [3.8, 4) is 5.75 Å². The number of rotatable bonds is 20. The molecule has 0 fully saturated rings. The van der Waals surface area contributed by atoms with Crippen molar-refractivity contribution in [3.05, 3.63) is 9.75 Å². The van der Waals surface area contributed by atoms with Gasteiger partial charge in [-0.3, -0.25) is 4.55 Å². The van der Waals surface area contributed by atoms with Crippen LogP contribution in [0, 0.1) is 13.8 Å². The van der Waals surface area contributed by atoms with E-state index in [4.69, 9.17) is 33.2 Å². The standard InChI is InChI=1S/C19H34O10S2/c1-16-18(19(17(2)30-16)31(20,21)22)29-15-14-28-13-12-27-11-10-26-9-8-25-7-6-24-5-4-23-3/h4-15H2,1-3H3,(H,20,21,22). The number of hydrogen-bond acceptors (Lipinski definition) is 10. The van der Waals surface area contributed by atoms with Crippen LogP contribution >= 0.6 is 11.3 Å². The molecular formula is C19H34O10S2. The van der Waals surface area contributed by atoms with Gasteiger partial charge in [-0.2, -0.15) is 8.42 Å². The van der Waals surface area contributed by atoms with E-state index in [-0.39, 0.29) is 23.9 Å². The van der Waals surface area contributed by atoms with Crippen LogP contribution in [0.3, 0.4) is 0 Å². The lowest BCUT2D eigenvalue weighted by atomic mass is 10.4. The van der Waals surface area contributed by atoms with Gasteiger partial charge in [0, 0.05) is 16.9 Å². The number of hydrogen-bond donors (Lipinski definition) is 1. The van der Waals surface area contributed by atoms with E-state index in [0.717, 1.165) is 0 Å². The molecule has 0 saturated carbocycles. The lowest BCUT2D eigenvalue weighted by Crippen LogP contribution is -2.15. The Kier molecular flexibility index (Phi) is 15.2. The van der Waals surface area contributed by atoms with E-state index in [0.29, 0.717) is 75.8 Å². The molecule has 0 radical (unpaired) electrons. The molecule has 0 spiro atoms. The van der Waals surface area contributed by atoms with Crippen molar-refractivity contribution in [1.82, 2.24) is 0 Å². The summed E-state index contributed by atoms with van der Waals surface area (Å²) in [6.07, 6.45) is 0. The first-order valence-corrected chi connectivity index (χ1v) is 12.2. The summed E-state index contributed by atoms with van der Waals surface area (Å²) in [5, 5.41) is 0. The first-order valence-electron chi connectivity index (χ1n) is 9.95. The van der Waals surface area contributed by atoms with Crippen molar-refractivity contribution in [1.29, 1.82) is 0 Å². The molecule has 10 nitrogen and oxygen atoms in total. The smallest absolute Gasteiger partial charge is 0.299 e. The van der Waals surface area contributed by atoms with Crippen LogP contribution in [0.4, 0.5) is 0 Å². The minimum absolute atomic E-state index is 0.167. The minimum Gasteiger partial charge on any atom is -0.489 e. The van der Waals surface area contributed by atoms with Crippen molar-refractivity contribution in [3.63, 3.8) is 0 Å². The van der Waals surface area contributed by atoms with Crippen LogP contribution in [0.2, 0.25) is 0 Å². The van der Waals surface area contributed by atoms with Gasteiger partial charge in [0.05, 0.1) is 72.7 Å². The van der Waals surface area contributed by atoms with Crippen molar-refractivity contribution in [2.75, 3.05) is 86.4 Å². The second kappa shape index (κ2) is 16.8. The van der Waals surface area contributed by atoms with Crippen LogP contribution < -0.4 is 4.74 Å². The van der Waals surface area contributed by atoms with Gasteiger partial charge in [-0.1, -0.05) is 0 Å². The average Bonchev–Trinajstić information content (AvgIpc) is 3.00. The molecule has 0 aliphatic heterocycles. The highest BCUT2D eigenvalue weighted by Crippen LogP contribution is 2.37. The highest BCUT2D eigenvalue weighted by molar-refractivity contribution is 7.86. The van der Waals surface area contributed by atoms with Gasteiger partial charge in [-0.25, -0.2) is 0 Å². The highest BCUT2D eigenvalue weighted by Gasteiger charge is 2.24. The molecule has 1 rings (SSSR count). The summed E-state index contributed by atoms with van der Waals surface area (Å²) in [6.45, 7) is 8.68. The molecule has 0 atom stereocenters. The van der Waals surface area contributed by atoms with Crippen LogP contribution in [0.25, 0.3) is 0 Å². The van der Waals surface area contributed by atoms with Gasteiger partial charge >= 0.3 is 0 Å². The number of thiophene rings is 1. The Morgan fingerprint density at radius 2 is 1.06 bits per heavy atom. The largest absolute Gasteiger partial charge is 0.489 e. The molecule has 0 bridgehead atoms. The third kappa shape index (κ3) is 12.7. The molecule has 1 heterocycles. The molecule has 31 heavy (non-hydrogen) atoms. The van der Waals surface area contributed by atoms with E-state index in [1.165, 1.54) is 11.3 Å². The first kappa shape index (κ1) is 28.2. The zero-order valence-electron chi connectivity index (χ0n) is 18.4. The van der Waals surface area contributed by atoms with Gasteiger partial charge in [-0.05, 0) is 13.8 Å². The fourth-order valence-corrected chi connectivity index (χ4v) is 4.65. The molecule has 182 valence electrons. The second-order valence-corrected chi connectivity index (χ2v) is 9.04. The van der Waals surface area contributed by atoms with Crippen molar-refractivity contribution in [2.45, 2.75) is 18.7 Å². The predicted molar refractivity (Wildman–Crippen MR) is 115 cm³/mol. The van der Waals surface area contributed by atoms with E-state index in [1.807, 2.05) is 0 Å². The lowest BCUT2D eigenvalue weighted by molar-refractivity contribution is -0.0159. The van der Waals surface area contributed by atoms with Crippen LogP contribution in [0.5, 0.6) is 5.75 Å². The SMILES string of the molecule is COCCOCCOCCOCCOCCOCCOc1c(C)sc(C)c1S(=O)(=O)O. The van der Waals surface area contributed by atoms with Crippen LogP contribution in [0.15, 0.2) is 4.90 Å². The predicted octanol–water partition coefficient (Wildman–Crippen LogP) is 1.72. The van der Waals surface area contributed by atoms with Gasteiger partial charge in [-0.15, -0.1) is 11.3 Å². The summed E-state index contributed by atoms with van der Waals surface area (Å²) in [7, 11) is -2.69. The monoisotopic (exact) mass is 486 g/mol. The summed E-state index contributed by atoms with van der Waals surface area (Å²) in [5.41, 5.74) is 0. The lowest BCUT2D eigenvalue weighted by Gasteiger charge is -2.09. The molecule has 0 unspecified atom stereocenters. The zero-order valence-corrected chi connectivity index (χ0v) is 20.1. The van der Waals surface area contributed by atoms with Crippen molar-refractivity contribution in [2.24, 2.45) is 0 Å². The van der Waals surface area contributed by atoms with Crippen LogP contribution in [0.1, 0.15) is 9.75 Å². The third-order valence-electron chi connectivity index (χ3n) is 3.80. The Labute approximate surface area is 188 Å². The Morgan fingerprint density at radius 3 is 1.45 bits per heavy atom. The highest BCUT2D eigenvalue weighted by atomic mass is 32.2. The summed E-state index contributed by atoms with van der Waals surface area (Å²) in [6, 6.07) is 0. The molecule has 1 aromatic rings. The first-order chi connectivity index (χ1) is 14.9. The summed E-state index contributed by atoms with van der Waals surface area (Å²) >= 11 is 1.26. The maximum atomic E-state index is 11.5. The zero-order chi connectivity index (χ0) is 23.0. The van der Waals surface area contributed by atoms with Gasteiger partial charge in [0.1, 0.15) is 11.5 Å². The Bertz CT molecular complexity index is 690. The molecule has 0 aliphatic rings. The maximum absolute atomic E-state index is 11.5. The Balaban J connectivity index is 1.93. The van der Waals surface area contributed by atoms with E-state index in [1.54, 1.807) is 21.0 Å². The van der Waals surface area contributed by atoms with Crippen LogP contribution in [-0.2, 0) is 38.5 Å².